The van der Waals surface area contributed by atoms with Crippen LogP contribution in [0.3, 0.4) is 0 Å². The van der Waals surface area contributed by atoms with Crippen LogP contribution in [0.5, 0.6) is 0 Å². The van der Waals surface area contributed by atoms with Crippen LogP contribution in [0.15, 0.2) is 46.9 Å². The zero-order valence-electron chi connectivity index (χ0n) is 10.6. The normalized spacial score (nSPS) is 10.5. The number of Topliss-reactive ketones (excluding diaryl/α,β-unsaturated/α-hetero) is 1. The molecule has 0 atom stereocenters. The number of benzene rings is 2. The lowest BCUT2D eigenvalue weighted by atomic mass is 10.0. The largest absolute Gasteiger partial charge is 0.299 e. The minimum atomic E-state index is 0.174. The number of aryl methyl sites for hydroxylation is 1. The molecule has 0 N–H and O–H groups in total. The van der Waals surface area contributed by atoms with E-state index in [4.69, 9.17) is 11.6 Å². The van der Waals surface area contributed by atoms with Crippen LogP contribution in [0.2, 0.25) is 5.02 Å². The molecular formula is C16H14BrClO. The Labute approximate surface area is 126 Å². The molecule has 0 aliphatic carbocycles. The molecule has 0 saturated carbocycles. The molecule has 0 spiro atoms. The first kappa shape index (κ1) is 14.3. The monoisotopic (exact) mass is 336 g/mol. The van der Waals surface area contributed by atoms with E-state index in [1.807, 2.05) is 49.4 Å². The van der Waals surface area contributed by atoms with Crippen LogP contribution in [0.1, 0.15) is 16.7 Å². The maximum absolute atomic E-state index is 12.0. The number of rotatable bonds is 4. The van der Waals surface area contributed by atoms with Gasteiger partial charge in [0.15, 0.2) is 0 Å². The SMILES string of the molecule is Cc1ccc(CC(=O)Cc2ccc(Br)cc2Cl)cc1. The van der Waals surface area contributed by atoms with Crippen molar-refractivity contribution in [2.24, 2.45) is 0 Å². The molecule has 1 nitrogen and oxygen atoms in total. The van der Waals surface area contributed by atoms with Gasteiger partial charge in [0, 0.05) is 22.3 Å². The highest BCUT2D eigenvalue weighted by molar-refractivity contribution is 9.10. The number of halogens is 2. The minimum absolute atomic E-state index is 0.174. The smallest absolute Gasteiger partial charge is 0.141 e. The van der Waals surface area contributed by atoms with Gasteiger partial charge in [-0.2, -0.15) is 0 Å². The fourth-order valence-electron chi connectivity index (χ4n) is 1.87. The Morgan fingerprint density at radius 1 is 1.11 bits per heavy atom. The molecule has 0 aromatic heterocycles. The predicted molar refractivity (Wildman–Crippen MR) is 82.7 cm³/mol. The first-order valence-corrected chi connectivity index (χ1v) is 7.23. The molecule has 19 heavy (non-hydrogen) atoms. The number of ketones is 1. The van der Waals surface area contributed by atoms with Gasteiger partial charge in [-0.25, -0.2) is 0 Å². The molecule has 98 valence electrons. The zero-order valence-corrected chi connectivity index (χ0v) is 13.0. The van der Waals surface area contributed by atoms with Gasteiger partial charge in [-0.15, -0.1) is 0 Å². The highest BCUT2D eigenvalue weighted by atomic mass is 79.9. The maximum atomic E-state index is 12.0. The lowest BCUT2D eigenvalue weighted by Gasteiger charge is -2.05. The van der Waals surface area contributed by atoms with Crippen LogP contribution in [-0.2, 0) is 17.6 Å². The van der Waals surface area contributed by atoms with E-state index in [0.29, 0.717) is 17.9 Å². The molecule has 2 rings (SSSR count). The lowest BCUT2D eigenvalue weighted by Crippen LogP contribution is -2.07. The highest BCUT2D eigenvalue weighted by Crippen LogP contribution is 2.22. The van der Waals surface area contributed by atoms with E-state index >= 15 is 0 Å². The van der Waals surface area contributed by atoms with Gasteiger partial charge in [0.05, 0.1) is 0 Å². The molecule has 3 heteroatoms. The van der Waals surface area contributed by atoms with Gasteiger partial charge in [0.2, 0.25) is 0 Å². The molecule has 0 bridgehead atoms. The van der Waals surface area contributed by atoms with Crippen LogP contribution in [-0.4, -0.2) is 5.78 Å². The number of hydrogen-bond donors (Lipinski definition) is 0. The number of hydrogen-bond acceptors (Lipinski definition) is 1. The van der Waals surface area contributed by atoms with Crippen molar-refractivity contribution < 1.29 is 4.79 Å². The molecule has 0 fully saturated rings. The number of carbonyl (C=O) groups excluding carboxylic acids is 1. The second-order valence-electron chi connectivity index (χ2n) is 4.61. The summed E-state index contributed by atoms with van der Waals surface area (Å²) in [6.07, 6.45) is 0.826. The van der Waals surface area contributed by atoms with Gasteiger partial charge in [0.25, 0.3) is 0 Å². The summed E-state index contributed by atoms with van der Waals surface area (Å²) in [5.41, 5.74) is 3.12. The standard InChI is InChI=1S/C16H14BrClO/c1-11-2-4-12(5-3-11)8-15(19)9-13-6-7-14(17)10-16(13)18/h2-7,10H,8-9H2,1H3. The van der Waals surface area contributed by atoms with E-state index in [1.165, 1.54) is 5.56 Å². The first-order chi connectivity index (χ1) is 9.04. The quantitative estimate of drug-likeness (QED) is 0.785. The molecule has 0 aliphatic rings. The summed E-state index contributed by atoms with van der Waals surface area (Å²) in [7, 11) is 0. The summed E-state index contributed by atoms with van der Waals surface area (Å²) in [6, 6.07) is 13.6. The second kappa shape index (κ2) is 6.36. The summed E-state index contributed by atoms with van der Waals surface area (Å²) >= 11 is 9.47. The van der Waals surface area contributed by atoms with Crippen LogP contribution in [0, 0.1) is 6.92 Å². The Bertz CT molecular complexity index is 590. The van der Waals surface area contributed by atoms with Crippen molar-refractivity contribution >= 4 is 33.3 Å². The topological polar surface area (TPSA) is 17.1 Å². The van der Waals surface area contributed by atoms with Crippen LogP contribution in [0.25, 0.3) is 0 Å². The third-order valence-electron chi connectivity index (χ3n) is 2.92. The molecule has 0 aliphatic heterocycles. The van der Waals surface area contributed by atoms with Crippen molar-refractivity contribution in [2.45, 2.75) is 19.8 Å². The summed E-state index contributed by atoms with van der Waals surface area (Å²) in [5.74, 6) is 0.174. The van der Waals surface area contributed by atoms with E-state index in [0.717, 1.165) is 15.6 Å². The van der Waals surface area contributed by atoms with Crippen molar-refractivity contribution in [3.63, 3.8) is 0 Å². The van der Waals surface area contributed by atoms with E-state index < -0.39 is 0 Å². The highest BCUT2D eigenvalue weighted by Gasteiger charge is 2.08. The molecular weight excluding hydrogens is 324 g/mol. The fraction of sp³-hybridized carbons (Fsp3) is 0.188. The Morgan fingerprint density at radius 2 is 1.79 bits per heavy atom. The predicted octanol–water partition coefficient (Wildman–Crippen LogP) is 4.77. The molecule has 0 radical (unpaired) electrons. The minimum Gasteiger partial charge on any atom is -0.299 e. The fourth-order valence-corrected chi connectivity index (χ4v) is 2.61. The molecule has 0 saturated heterocycles. The Hall–Kier alpha value is -1.12. The Morgan fingerprint density at radius 3 is 2.42 bits per heavy atom. The Kier molecular flexibility index (Phi) is 4.78. The van der Waals surface area contributed by atoms with Crippen LogP contribution >= 0.6 is 27.5 Å². The Balaban J connectivity index is 2.03. The first-order valence-electron chi connectivity index (χ1n) is 6.06. The molecule has 2 aromatic carbocycles. The zero-order chi connectivity index (χ0) is 13.8. The van der Waals surface area contributed by atoms with Crippen molar-refractivity contribution in [1.82, 2.24) is 0 Å². The second-order valence-corrected chi connectivity index (χ2v) is 5.94. The van der Waals surface area contributed by atoms with E-state index in [1.54, 1.807) is 0 Å². The van der Waals surface area contributed by atoms with Crippen LogP contribution in [0.4, 0.5) is 0 Å². The third-order valence-corrected chi connectivity index (χ3v) is 3.77. The van der Waals surface area contributed by atoms with Gasteiger partial charge in [-0.3, -0.25) is 4.79 Å². The maximum Gasteiger partial charge on any atom is 0.141 e. The van der Waals surface area contributed by atoms with Gasteiger partial charge >= 0.3 is 0 Å². The average Bonchev–Trinajstić information content (AvgIpc) is 2.36. The van der Waals surface area contributed by atoms with Gasteiger partial charge in [0.1, 0.15) is 5.78 Å². The van der Waals surface area contributed by atoms with E-state index in [-0.39, 0.29) is 5.78 Å². The molecule has 0 amide bonds. The molecule has 0 heterocycles. The van der Waals surface area contributed by atoms with Crippen molar-refractivity contribution in [3.05, 3.63) is 68.7 Å². The molecule has 0 unspecified atom stereocenters. The summed E-state index contributed by atoms with van der Waals surface area (Å²) in [5, 5.41) is 0.631. The van der Waals surface area contributed by atoms with Gasteiger partial charge < -0.3 is 0 Å². The summed E-state index contributed by atoms with van der Waals surface area (Å²) < 4.78 is 0.923. The molecule has 2 aromatic rings. The average molecular weight is 338 g/mol. The summed E-state index contributed by atoms with van der Waals surface area (Å²) in [6.45, 7) is 2.03. The lowest BCUT2D eigenvalue weighted by molar-refractivity contribution is -0.117. The van der Waals surface area contributed by atoms with Crippen LogP contribution < -0.4 is 0 Å². The van der Waals surface area contributed by atoms with Crippen molar-refractivity contribution in [2.75, 3.05) is 0 Å². The van der Waals surface area contributed by atoms with Gasteiger partial charge in [-0.1, -0.05) is 63.4 Å². The summed E-state index contributed by atoms with van der Waals surface area (Å²) in [4.78, 5) is 12.0. The van der Waals surface area contributed by atoms with E-state index in [2.05, 4.69) is 15.9 Å². The third kappa shape index (κ3) is 4.19. The van der Waals surface area contributed by atoms with Crippen molar-refractivity contribution in [3.8, 4) is 0 Å². The van der Waals surface area contributed by atoms with Crippen molar-refractivity contribution in [1.29, 1.82) is 0 Å². The van der Waals surface area contributed by atoms with E-state index in [9.17, 15) is 4.79 Å². The number of carbonyl (C=O) groups is 1. The van der Waals surface area contributed by atoms with Gasteiger partial charge in [-0.05, 0) is 30.2 Å².